The summed E-state index contributed by atoms with van der Waals surface area (Å²) in [5, 5.41) is 0. The van der Waals surface area contributed by atoms with Crippen LogP contribution >= 0.6 is 0 Å². The van der Waals surface area contributed by atoms with Gasteiger partial charge in [0, 0.05) is 6.42 Å². The Morgan fingerprint density at radius 1 is 0.800 bits per heavy atom. The zero-order chi connectivity index (χ0) is 21.3. The van der Waals surface area contributed by atoms with Gasteiger partial charge in [-0.15, -0.1) is 0 Å². The lowest BCUT2D eigenvalue weighted by Crippen LogP contribution is -2.29. The molecule has 4 heteroatoms. The minimum atomic E-state index is -0.211. The Morgan fingerprint density at radius 3 is 1.90 bits per heavy atom. The Morgan fingerprint density at radius 2 is 1.33 bits per heavy atom. The molecule has 0 spiro atoms. The van der Waals surface area contributed by atoms with E-state index >= 15 is 0 Å². The average Bonchev–Trinajstić information content (AvgIpc) is 2.76. The zero-order valence-electron chi connectivity index (χ0n) is 18.7. The molecule has 0 radical (unpaired) electrons. The third-order valence-electron chi connectivity index (χ3n) is 7.09. The first-order valence-corrected chi connectivity index (χ1v) is 12.1. The summed E-state index contributed by atoms with van der Waals surface area (Å²) in [6, 6.07) is 6.81. The average molecular weight is 415 g/mol. The van der Waals surface area contributed by atoms with E-state index in [1.807, 2.05) is 0 Å². The quantitative estimate of drug-likeness (QED) is 0.269. The van der Waals surface area contributed by atoms with Gasteiger partial charge in [0.25, 0.3) is 0 Å². The van der Waals surface area contributed by atoms with Gasteiger partial charge in [0.1, 0.15) is 11.5 Å². The highest BCUT2D eigenvalue weighted by Gasteiger charge is 2.33. The Balaban J connectivity index is 1.40. The van der Waals surface area contributed by atoms with Gasteiger partial charge in [0.05, 0.1) is 5.92 Å². The molecule has 2 aliphatic rings. The molecule has 0 heterocycles. The van der Waals surface area contributed by atoms with Crippen LogP contribution in [0.5, 0.6) is 11.5 Å². The molecule has 4 nitrogen and oxygen atoms in total. The number of carbonyl (C=O) groups is 2. The van der Waals surface area contributed by atoms with Gasteiger partial charge < -0.3 is 9.47 Å². The number of benzene rings is 1. The van der Waals surface area contributed by atoms with Crippen LogP contribution in [0.3, 0.4) is 0 Å². The standard InChI is InChI=1S/C26H38O4/c1-3-4-5-6-25(27)29-23-15-17-24(18-16-23)30-26(28)22-13-11-21(12-14-22)20-9-7-19(2)8-10-20/h15-22H,3-14H2,1-2H3. The molecule has 0 atom stereocenters. The molecule has 0 bridgehead atoms. The van der Waals surface area contributed by atoms with Crippen molar-refractivity contribution in [2.24, 2.45) is 23.7 Å². The number of unbranched alkanes of at least 4 members (excludes halogenated alkanes) is 2. The molecule has 30 heavy (non-hydrogen) atoms. The fourth-order valence-corrected chi connectivity index (χ4v) is 5.06. The number of hydrogen-bond donors (Lipinski definition) is 0. The maximum atomic E-state index is 12.6. The molecule has 2 aliphatic carbocycles. The number of esters is 2. The van der Waals surface area contributed by atoms with Crippen LogP contribution in [-0.4, -0.2) is 11.9 Å². The van der Waals surface area contributed by atoms with E-state index in [-0.39, 0.29) is 17.9 Å². The summed E-state index contributed by atoms with van der Waals surface area (Å²) < 4.78 is 10.9. The predicted molar refractivity (Wildman–Crippen MR) is 118 cm³/mol. The first kappa shape index (κ1) is 22.8. The number of rotatable bonds is 8. The van der Waals surface area contributed by atoms with Crippen LogP contribution in [-0.2, 0) is 9.59 Å². The SMILES string of the molecule is CCCCCC(=O)Oc1ccc(OC(=O)C2CCC(C3CCC(C)CC3)CC2)cc1. The molecule has 166 valence electrons. The van der Waals surface area contributed by atoms with Crippen molar-refractivity contribution in [2.45, 2.75) is 90.9 Å². The Hall–Kier alpha value is -1.84. The summed E-state index contributed by atoms with van der Waals surface area (Å²) in [5.41, 5.74) is 0. The molecule has 1 aromatic rings. The van der Waals surface area contributed by atoms with Crippen LogP contribution in [0, 0.1) is 23.7 Å². The van der Waals surface area contributed by atoms with Gasteiger partial charge in [-0.25, -0.2) is 0 Å². The Bertz CT molecular complexity index is 665. The van der Waals surface area contributed by atoms with Gasteiger partial charge in [0.2, 0.25) is 0 Å². The molecule has 0 N–H and O–H groups in total. The second kappa shape index (κ2) is 11.5. The van der Waals surface area contributed by atoms with E-state index in [0.717, 1.165) is 62.7 Å². The van der Waals surface area contributed by atoms with Crippen molar-refractivity contribution >= 4 is 11.9 Å². The highest BCUT2D eigenvalue weighted by Crippen LogP contribution is 2.41. The zero-order valence-corrected chi connectivity index (χ0v) is 18.7. The molecular weight excluding hydrogens is 376 g/mol. The molecular formula is C26H38O4. The molecule has 2 saturated carbocycles. The minimum absolute atomic E-state index is 0.0137. The van der Waals surface area contributed by atoms with E-state index in [2.05, 4.69) is 13.8 Å². The fraction of sp³-hybridized carbons (Fsp3) is 0.692. The van der Waals surface area contributed by atoms with Gasteiger partial charge >= 0.3 is 11.9 Å². The molecule has 0 unspecified atom stereocenters. The third-order valence-corrected chi connectivity index (χ3v) is 7.09. The van der Waals surface area contributed by atoms with Crippen molar-refractivity contribution < 1.29 is 19.1 Å². The highest BCUT2D eigenvalue weighted by atomic mass is 16.5. The van der Waals surface area contributed by atoms with Crippen molar-refractivity contribution in [3.05, 3.63) is 24.3 Å². The Kier molecular flexibility index (Phi) is 8.77. The van der Waals surface area contributed by atoms with Crippen molar-refractivity contribution in [1.82, 2.24) is 0 Å². The number of carbonyl (C=O) groups excluding carboxylic acids is 2. The molecule has 0 aromatic heterocycles. The van der Waals surface area contributed by atoms with Gasteiger partial charge in [-0.2, -0.15) is 0 Å². The predicted octanol–water partition coefficient (Wildman–Crippen LogP) is 6.71. The lowest BCUT2D eigenvalue weighted by molar-refractivity contribution is -0.140. The molecule has 2 fully saturated rings. The first-order chi connectivity index (χ1) is 14.5. The second-order valence-corrected chi connectivity index (χ2v) is 9.46. The monoisotopic (exact) mass is 414 g/mol. The van der Waals surface area contributed by atoms with Crippen molar-refractivity contribution in [3.63, 3.8) is 0 Å². The van der Waals surface area contributed by atoms with Crippen molar-refractivity contribution in [2.75, 3.05) is 0 Å². The summed E-state index contributed by atoms with van der Waals surface area (Å²) >= 11 is 0. The molecule has 0 saturated heterocycles. The number of ether oxygens (including phenoxy) is 2. The summed E-state index contributed by atoms with van der Waals surface area (Å²) in [6.07, 6.45) is 13.1. The maximum absolute atomic E-state index is 12.6. The lowest BCUT2D eigenvalue weighted by atomic mass is 9.69. The molecule has 3 rings (SSSR count). The third kappa shape index (κ3) is 6.85. The fourth-order valence-electron chi connectivity index (χ4n) is 5.06. The van der Waals surface area contributed by atoms with E-state index in [9.17, 15) is 9.59 Å². The molecule has 1 aromatic carbocycles. The first-order valence-electron chi connectivity index (χ1n) is 12.1. The summed E-state index contributed by atoms with van der Waals surface area (Å²) in [6.45, 7) is 4.47. The lowest BCUT2D eigenvalue weighted by Gasteiger charge is -2.36. The summed E-state index contributed by atoms with van der Waals surface area (Å²) in [7, 11) is 0. The van der Waals surface area contributed by atoms with E-state index in [4.69, 9.17) is 9.47 Å². The van der Waals surface area contributed by atoms with Crippen molar-refractivity contribution in [1.29, 1.82) is 0 Å². The van der Waals surface area contributed by atoms with Crippen LogP contribution in [0.4, 0.5) is 0 Å². The van der Waals surface area contributed by atoms with Crippen LogP contribution in [0.2, 0.25) is 0 Å². The Labute approximate surface area is 181 Å². The van der Waals surface area contributed by atoms with E-state index < -0.39 is 0 Å². The van der Waals surface area contributed by atoms with Gasteiger partial charge in [0.15, 0.2) is 0 Å². The van der Waals surface area contributed by atoms with Crippen LogP contribution in [0.25, 0.3) is 0 Å². The van der Waals surface area contributed by atoms with Crippen LogP contribution < -0.4 is 9.47 Å². The van der Waals surface area contributed by atoms with E-state index in [1.165, 1.54) is 25.7 Å². The van der Waals surface area contributed by atoms with E-state index in [0.29, 0.717) is 17.9 Å². The van der Waals surface area contributed by atoms with Crippen LogP contribution in [0.15, 0.2) is 24.3 Å². The maximum Gasteiger partial charge on any atom is 0.314 e. The van der Waals surface area contributed by atoms with Gasteiger partial charge in [-0.05, 0) is 87.0 Å². The summed E-state index contributed by atoms with van der Waals surface area (Å²) in [4.78, 5) is 24.4. The molecule has 0 aliphatic heterocycles. The van der Waals surface area contributed by atoms with Gasteiger partial charge in [-0.3, -0.25) is 9.59 Å². The smallest absolute Gasteiger partial charge is 0.314 e. The van der Waals surface area contributed by atoms with E-state index in [1.54, 1.807) is 24.3 Å². The van der Waals surface area contributed by atoms with Crippen molar-refractivity contribution in [3.8, 4) is 11.5 Å². The minimum Gasteiger partial charge on any atom is -0.427 e. The normalized spacial score (nSPS) is 26.7. The molecule has 0 amide bonds. The summed E-state index contributed by atoms with van der Waals surface area (Å²) in [5.74, 6) is 3.27. The van der Waals surface area contributed by atoms with Gasteiger partial charge in [-0.1, -0.05) is 39.5 Å². The van der Waals surface area contributed by atoms with Crippen LogP contribution in [0.1, 0.15) is 90.9 Å². The number of hydrogen-bond acceptors (Lipinski definition) is 4. The topological polar surface area (TPSA) is 52.6 Å². The second-order valence-electron chi connectivity index (χ2n) is 9.46. The largest absolute Gasteiger partial charge is 0.427 e. The highest BCUT2D eigenvalue weighted by molar-refractivity contribution is 5.75.